The fourth-order valence-corrected chi connectivity index (χ4v) is 3.40. The Morgan fingerprint density at radius 3 is 1.50 bits per heavy atom. The fraction of sp³-hybridized carbons (Fsp3) is 1.00. The van der Waals surface area contributed by atoms with Crippen LogP contribution in [0.2, 0.25) is 0 Å². The van der Waals surface area contributed by atoms with Gasteiger partial charge in [0.05, 0.1) is 37.5 Å². The number of likely N-dealkylation sites (N-methyl/N-ethyl adjacent to an activating group) is 2. The Balaban J connectivity index is 2.34. The van der Waals surface area contributed by atoms with E-state index in [-0.39, 0.29) is 37.5 Å². The van der Waals surface area contributed by atoms with E-state index in [9.17, 15) is 10.2 Å². The molecule has 6 nitrogen and oxygen atoms in total. The lowest BCUT2D eigenvalue weighted by Crippen LogP contribution is -2.72. The van der Waals surface area contributed by atoms with Crippen LogP contribution >= 0.6 is 0 Å². The summed E-state index contributed by atoms with van der Waals surface area (Å²) in [5.41, 5.74) is -2.72. The predicted molar refractivity (Wildman–Crippen MR) is 66.4 cm³/mol. The topological polar surface area (TPSA) is 83.0 Å². The van der Waals surface area contributed by atoms with Crippen molar-refractivity contribution in [3.8, 4) is 0 Å². The maximum absolute atomic E-state index is 10.9. The minimum absolute atomic E-state index is 0.102. The van der Waals surface area contributed by atoms with Gasteiger partial charge in [0.15, 0.2) is 0 Å². The lowest BCUT2D eigenvalue weighted by molar-refractivity contribution is -0.166. The minimum Gasteiger partial charge on any atom is -0.383 e. The van der Waals surface area contributed by atoms with Crippen molar-refractivity contribution in [1.29, 1.82) is 0 Å². The van der Waals surface area contributed by atoms with Crippen LogP contribution in [0.25, 0.3) is 0 Å². The summed E-state index contributed by atoms with van der Waals surface area (Å²) in [6.45, 7) is 3.97. The Bertz CT molecular complexity index is 286. The van der Waals surface area contributed by atoms with Gasteiger partial charge in [-0.1, -0.05) is 0 Å². The monoisotopic (exact) mass is 260 g/mol. The van der Waals surface area contributed by atoms with Crippen LogP contribution in [-0.2, 0) is 9.47 Å². The zero-order valence-corrected chi connectivity index (χ0v) is 11.4. The first-order valence-corrected chi connectivity index (χ1v) is 6.43. The third kappa shape index (κ3) is 1.71. The lowest BCUT2D eigenvalue weighted by Gasteiger charge is -2.44. The van der Waals surface area contributed by atoms with Gasteiger partial charge in [0.1, 0.15) is 11.2 Å². The maximum atomic E-state index is 10.9. The highest BCUT2D eigenvalue weighted by Gasteiger charge is 2.65. The number of hydrogen-bond acceptors (Lipinski definition) is 6. The third-order valence-electron chi connectivity index (χ3n) is 4.47. The van der Waals surface area contributed by atoms with Gasteiger partial charge in [-0.2, -0.15) is 0 Å². The van der Waals surface area contributed by atoms with E-state index in [2.05, 4.69) is 10.6 Å². The molecule has 2 saturated heterocycles. The summed E-state index contributed by atoms with van der Waals surface area (Å²) >= 11 is 0. The molecular weight excluding hydrogens is 236 g/mol. The molecule has 2 heterocycles. The molecule has 2 aliphatic heterocycles. The van der Waals surface area contributed by atoms with E-state index < -0.39 is 11.2 Å². The van der Waals surface area contributed by atoms with Gasteiger partial charge in [0.2, 0.25) is 0 Å². The second kappa shape index (κ2) is 4.70. The standard InChI is InChI=1S/C12H24N2O4/c1-7-9(13-3)11(15,5-17-7)12(16)6-18-8(2)10(12)14-4/h7-10,13-16H,5-6H2,1-4H3/t7-,8-,9-,10-,11-,12-/m0/s1. The Kier molecular flexibility index (Phi) is 3.70. The summed E-state index contributed by atoms with van der Waals surface area (Å²) in [7, 11) is 3.52. The summed E-state index contributed by atoms with van der Waals surface area (Å²) in [6, 6.07) is -0.653. The molecule has 0 unspecified atom stereocenters. The van der Waals surface area contributed by atoms with Crippen molar-refractivity contribution in [3.63, 3.8) is 0 Å². The first-order chi connectivity index (χ1) is 8.40. The normalized spacial score (nSPS) is 53.0. The Hall–Kier alpha value is -0.240. The summed E-state index contributed by atoms with van der Waals surface area (Å²) in [5, 5.41) is 28.0. The van der Waals surface area contributed by atoms with Crippen molar-refractivity contribution in [1.82, 2.24) is 10.6 Å². The van der Waals surface area contributed by atoms with Gasteiger partial charge < -0.3 is 30.3 Å². The first-order valence-electron chi connectivity index (χ1n) is 6.43. The average Bonchev–Trinajstić information content (AvgIpc) is 2.80. The summed E-state index contributed by atoms with van der Waals surface area (Å²) in [5.74, 6) is 0. The molecule has 0 aliphatic carbocycles. The van der Waals surface area contributed by atoms with E-state index >= 15 is 0 Å². The highest BCUT2D eigenvalue weighted by Crippen LogP contribution is 2.41. The summed E-state index contributed by atoms with van der Waals surface area (Å²) < 4.78 is 11.0. The van der Waals surface area contributed by atoms with Crippen LogP contribution in [0, 0.1) is 0 Å². The van der Waals surface area contributed by atoms with Crippen LogP contribution in [0.3, 0.4) is 0 Å². The van der Waals surface area contributed by atoms with Gasteiger partial charge in [-0.05, 0) is 27.9 Å². The van der Waals surface area contributed by atoms with Crippen LogP contribution in [-0.4, -0.2) is 73.0 Å². The van der Waals surface area contributed by atoms with E-state index in [4.69, 9.17) is 9.47 Å². The molecule has 4 N–H and O–H groups in total. The molecule has 0 radical (unpaired) electrons. The van der Waals surface area contributed by atoms with Gasteiger partial charge >= 0.3 is 0 Å². The van der Waals surface area contributed by atoms with Crippen LogP contribution < -0.4 is 10.6 Å². The predicted octanol–water partition coefficient (Wildman–Crippen LogP) is -1.54. The van der Waals surface area contributed by atoms with E-state index in [0.29, 0.717) is 0 Å². The van der Waals surface area contributed by atoms with Gasteiger partial charge in [-0.3, -0.25) is 0 Å². The highest BCUT2D eigenvalue weighted by atomic mass is 16.5. The summed E-state index contributed by atoms with van der Waals surface area (Å²) in [4.78, 5) is 0. The SMILES string of the molecule is CN[C@H]1[C@H](C)OC[C@@]1(O)[C@]1(O)CO[C@@H](C)[C@@H]1NC. The van der Waals surface area contributed by atoms with Crippen LogP contribution in [0.4, 0.5) is 0 Å². The molecule has 0 bridgehead atoms. The van der Waals surface area contributed by atoms with Crippen molar-refractivity contribution in [2.24, 2.45) is 0 Å². The number of rotatable bonds is 3. The molecule has 2 rings (SSSR count). The van der Waals surface area contributed by atoms with Crippen molar-refractivity contribution < 1.29 is 19.7 Å². The molecular formula is C12H24N2O4. The largest absolute Gasteiger partial charge is 0.383 e. The molecule has 6 atom stereocenters. The summed E-state index contributed by atoms with van der Waals surface area (Å²) in [6.07, 6.45) is -0.310. The second-order valence-electron chi connectivity index (χ2n) is 5.41. The number of hydrogen-bond donors (Lipinski definition) is 4. The zero-order chi connectivity index (χ0) is 13.6. The third-order valence-corrected chi connectivity index (χ3v) is 4.47. The lowest BCUT2D eigenvalue weighted by atomic mass is 9.73. The van der Waals surface area contributed by atoms with Gasteiger partial charge in [-0.25, -0.2) is 0 Å². The van der Waals surface area contributed by atoms with E-state index in [0.717, 1.165) is 0 Å². The van der Waals surface area contributed by atoms with Gasteiger partial charge in [0, 0.05) is 0 Å². The molecule has 0 amide bonds. The molecule has 0 aromatic heterocycles. The Morgan fingerprint density at radius 2 is 1.22 bits per heavy atom. The van der Waals surface area contributed by atoms with E-state index in [1.54, 1.807) is 14.1 Å². The molecule has 2 aliphatic rings. The van der Waals surface area contributed by atoms with Crippen LogP contribution in [0.5, 0.6) is 0 Å². The van der Waals surface area contributed by atoms with Crippen LogP contribution in [0.15, 0.2) is 0 Å². The average molecular weight is 260 g/mol. The molecule has 0 aromatic carbocycles. The molecule has 2 fully saturated rings. The Labute approximate surface area is 108 Å². The first kappa shape index (κ1) is 14.2. The quantitative estimate of drug-likeness (QED) is 0.492. The number of nitrogens with one attached hydrogen (secondary N) is 2. The molecule has 18 heavy (non-hydrogen) atoms. The second-order valence-corrected chi connectivity index (χ2v) is 5.41. The van der Waals surface area contributed by atoms with E-state index in [1.807, 2.05) is 13.8 Å². The number of aliphatic hydroxyl groups is 2. The van der Waals surface area contributed by atoms with Gasteiger partial charge in [0.25, 0.3) is 0 Å². The molecule has 0 saturated carbocycles. The maximum Gasteiger partial charge on any atom is 0.138 e. The smallest absolute Gasteiger partial charge is 0.138 e. The van der Waals surface area contributed by atoms with Crippen molar-refractivity contribution in [2.75, 3.05) is 27.3 Å². The van der Waals surface area contributed by atoms with E-state index in [1.165, 1.54) is 0 Å². The fourth-order valence-electron chi connectivity index (χ4n) is 3.40. The molecule has 6 heteroatoms. The van der Waals surface area contributed by atoms with Crippen molar-refractivity contribution in [3.05, 3.63) is 0 Å². The van der Waals surface area contributed by atoms with Crippen molar-refractivity contribution >= 4 is 0 Å². The zero-order valence-electron chi connectivity index (χ0n) is 11.4. The van der Waals surface area contributed by atoms with Crippen molar-refractivity contribution in [2.45, 2.75) is 49.3 Å². The highest BCUT2D eigenvalue weighted by molar-refractivity contribution is 5.19. The minimum atomic E-state index is -1.36. The molecule has 0 aromatic rings. The Morgan fingerprint density at radius 1 is 0.889 bits per heavy atom. The van der Waals surface area contributed by atoms with Gasteiger partial charge in [-0.15, -0.1) is 0 Å². The molecule has 0 spiro atoms. The van der Waals surface area contributed by atoms with Crippen LogP contribution in [0.1, 0.15) is 13.8 Å². The number of ether oxygens (including phenoxy) is 2. The molecule has 106 valence electrons.